The van der Waals surface area contributed by atoms with Gasteiger partial charge in [-0.1, -0.05) is 17.8 Å². The van der Waals surface area contributed by atoms with E-state index in [1.165, 1.54) is 11.8 Å². The van der Waals surface area contributed by atoms with Gasteiger partial charge in [0, 0.05) is 25.6 Å². The number of anilines is 1. The number of thioether (sulfide) groups is 1. The second-order valence-corrected chi connectivity index (χ2v) is 5.98. The molecule has 2 aromatic rings. The molecule has 3 rings (SSSR count). The molecule has 1 aromatic heterocycles. The maximum absolute atomic E-state index is 12.1. The molecule has 20 heavy (non-hydrogen) atoms. The number of amides is 1. The van der Waals surface area contributed by atoms with Crippen LogP contribution in [0.15, 0.2) is 22.8 Å². The van der Waals surface area contributed by atoms with Gasteiger partial charge in [0.05, 0.1) is 5.69 Å². The highest BCUT2D eigenvalue weighted by Gasteiger charge is 2.32. The van der Waals surface area contributed by atoms with Gasteiger partial charge in [-0.15, -0.1) is 0 Å². The summed E-state index contributed by atoms with van der Waals surface area (Å²) in [5.74, 6) is 0.908. The molecule has 104 valence electrons. The van der Waals surface area contributed by atoms with Crippen LogP contribution in [0.2, 0.25) is 0 Å². The average Bonchev–Trinajstić information content (AvgIpc) is 3.02. The molecule has 1 amide bonds. The van der Waals surface area contributed by atoms with Crippen molar-refractivity contribution in [2.45, 2.75) is 13.3 Å². The second kappa shape index (κ2) is 5.24. The lowest BCUT2D eigenvalue weighted by atomic mass is 10.1. The summed E-state index contributed by atoms with van der Waals surface area (Å²) in [5, 5.41) is 7.72. The van der Waals surface area contributed by atoms with Crippen LogP contribution >= 0.6 is 11.8 Å². The van der Waals surface area contributed by atoms with Gasteiger partial charge in [-0.25, -0.2) is 4.63 Å². The Morgan fingerprint density at radius 1 is 1.50 bits per heavy atom. The van der Waals surface area contributed by atoms with Crippen LogP contribution in [0.5, 0.6) is 0 Å². The quantitative estimate of drug-likeness (QED) is 0.859. The van der Waals surface area contributed by atoms with Gasteiger partial charge in [0.2, 0.25) is 5.91 Å². The first-order chi connectivity index (χ1) is 9.65. The molecule has 0 radical (unpaired) electrons. The van der Waals surface area contributed by atoms with E-state index in [2.05, 4.69) is 10.3 Å². The van der Waals surface area contributed by atoms with E-state index in [-0.39, 0.29) is 16.9 Å². The SMILES string of the molecule is CC(=O)SCC1CC(=O)N(c2cccc3nonc23)C1. The van der Waals surface area contributed by atoms with Crippen molar-refractivity contribution >= 4 is 39.5 Å². The molecule has 1 atom stereocenters. The Bertz CT molecular complexity index is 670. The van der Waals surface area contributed by atoms with Gasteiger partial charge in [-0.2, -0.15) is 0 Å². The number of nitrogens with zero attached hydrogens (tertiary/aromatic N) is 3. The van der Waals surface area contributed by atoms with E-state index in [0.29, 0.717) is 29.8 Å². The molecule has 0 bridgehead atoms. The number of benzene rings is 1. The number of carbonyl (C=O) groups excluding carboxylic acids is 2. The number of rotatable bonds is 3. The van der Waals surface area contributed by atoms with E-state index in [4.69, 9.17) is 4.63 Å². The van der Waals surface area contributed by atoms with Crippen molar-refractivity contribution in [2.75, 3.05) is 17.2 Å². The number of fused-ring (bicyclic) bond motifs is 1. The number of hydrogen-bond donors (Lipinski definition) is 0. The number of hydrogen-bond acceptors (Lipinski definition) is 6. The van der Waals surface area contributed by atoms with Gasteiger partial charge in [0.15, 0.2) is 10.6 Å². The Kier molecular flexibility index (Phi) is 3.43. The predicted octanol–water partition coefficient (Wildman–Crippen LogP) is 1.86. The first-order valence-electron chi connectivity index (χ1n) is 6.30. The molecule has 1 saturated heterocycles. The van der Waals surface area contributed by atoms with Crippen LogP contribution in [0.1, 0.15) is 13.3 Å². The smallest absolute Gasteiger partial charge is 0.227 e. The summed E-state index contributed by atoms with van der Waals surface area (Å²) < 4.78 is 4.72. The van der Waals surface area contributed by atoms with Gasteiger partial charge in [-0.3, -0.25) is 9.59 Å². The third-order valence-electron chi connectivity index (χ3n) is 3.28. The molecule has 6 nitrogen and oxygen atoms in total. The highest BCUT2D eigenvalue weighted by Crippen LogP contribution is 2.31. The molecule has 1 fully saturated rings. The number of carbonyl (C=O) groups is 2. The topological polar surface area (TPSA) is 76.3 Å². The standard InChI is InChI=1S/C13H13N3O3S/c1-8(17)20-7-9-5-12(18)16(6-9)11-4-2-3-10-13(11)15-19-14-10/h2-4,9H,5-7H2,1H3. The highest BCUT2D eigenvalue weighted by molar-refractivity contribution is 8.13. The van der Waals surface area contributed by atoms with E-state index in [9.17, 15) is 9.59 Å². The molecular weight excluding hydrogens is 278 g/mol. The molecule has 1 aliphatic heterocycles. The van der Waals surface area contributed by atoms with Gasteiger partial charge in [-0.05, 0) is 28.4 Å². The van der Waals surface area contributed by atoms with Crippen molar-refractivity contribution in [3.63, 3.8) is 0 Å². The summed E-state index contributed by atoms with van der Waals surface area (Å²) in [6, 6.07) is 5.46. The minimum atomic E-state index is 0.0506. The summed E-state index contributed by atoms with van der Waals surface area (Å²) >= 11 is 1.27. The van der Waals surface area contributed by atoms with Crippen LogP contribution in [0.25, 0.3) is 11.0 Å². The van der Waals surface area contributed by atoms with Gasteiger partial charge in [0.25, 0.3) is 0 Å². The third kappa shape index (κ3) is 2.40. The average molecular weight is 291 g/mol. The van der Waals surface area contributed by atoms with Crippen molar-refractivity contribution < 1.29 is 14.2 Å². The molecule has 0 spiro atoms. The van der Waals surface area contributed by atoms with Gasteiger partial charge in [0.1, 0.15) is 5.52 Å². The van der Waals surface area contributed by atoms with Crippen molar-refractivity contribution in [1.82, 2.24) is 10.3 Å². The van der Waals surface area contributed by atoms with Crippen molar-refractivity contribution in [3.05, 3.63) is 18.2 Å². The van der Waals surface area contributed by atoms with Crippen LogP contribution in [0, 0.1) is 5.92 Å². The minimum absolute atomic E-state index is 0.0506. The Morgan fingerprint density at radius 2 is 2.35 bits per heavy atom. The molecule has 0 aliphatic carbocycles. The van der Waals surface area contributed by atoms with E-state index in [0.717, 1.165) is 5.69 Å². The molecule has 2 heterocycles. The lowest BCUT2D eigenvalue weighted by Crippen LogP contribution is -2.25. The fourth-order valence-corrected chi connectivity index (χ4v) is 3.06. The summed E-state index contributed by atoms with van der Waals surface area (Å²) in [6.45, 7) is 2.14. The zero-order chi connectivity index (χ0) is 14.1. The van der Waals surface area contributed by atoms with Crippen LogP contribution in [0.4, 0.5) is 5.69 Å². The van der Waals surface area contributed by atoms with Crippen LogP contribution in [-0.4, -0.2) is 33.6 Å². The van der Waals surface area contributed by atoms with Crippen molar-refractivity contribution in [2.24, 2.45) is 5.92 Å². The Hall–Kier alpha value is -1.89. The Balaban J connectivity index is 1.82. The predicted molar refractivity (Wildman–Crippen MR) is 75.4 cm³/mol. The molecule has 0 saturated carbocycles. The van der Waals surface area contributed by atoms with Crippen molar-refractivity contribution in [3.8, 4) is 0 Å². The largest absolute Gasteiger partial charge is 0.310 e. The normalized spacial score (nSPS) is 18.9. The first kappa shape index (κ1) is 13.1. The molecule has 7 heteroatoms. The van der Waals surface area contributed by atoms with Gasteiger partial charge < -0.3 is 4.90 Å². The molecule has 1 aromatic carbocycles. The summed E-state index contributed by atoms with van der Waals surface area (Å²) in [5.41, 5.74) is 1.96. The molecule has 1 aliphatic rings. The van der Waals surface area contributed by atoms with E-state index >= 15 is 0 Å². The van der Waals surface area contributed by atoms with Gasteiger partial charge >= 0.3 is 0 Å². The van der Waals surface area contributed by atoms with E-state index in [1.807, 2.05) is 12.1 Å². The van der Waals surface area contributed by atoms with Crippen molar-refractivity contribution in [1.29, 1.82) is 0 Å². The molecule has 0 N–H and O–H groups in total. The van der Waals surface area contributed by atoms with E-state index in [1.54, 1.807) is 17.9 Å². The molecular formula is C13H13N3O3S. The summed E-state index contributed by atoms with van der Waals surface area (Å²) in [7, 11) is 0. The fraction of sp³-hybridized carbons (Fsp3) is 0.385. The third-order valence-corrected chi connectivity index (χ3v) is 4.33. The minimum Gasteiger partial charge on any atom is -0.310 e. The lowest BCUT2D eigenvalue weighted by molar-refractivity contribution is -0.117. The van der Waals surface area contributed by atoms with Crippen LogP contribution < -0.4 is 4.90 Å². The molecule has 1 unspecified atom stereocenters. The Labute approximate surface area is 119 Å². The zero-order valence-corrected chi connectivity index (χ0v) is 11.7. The lowest BCUT2D eigenvalue weighted by Gasteiger charge is -2.16. The highest BCUT2D eigenvalue weighted by atomic mass is 32.2. The number of aromatic nitrogens is 2. The van der Waals surface area contributed by atoms with E-state index < -0.39 is 0 Å². The summed E-state index contributed by atoms with van der Waals surface area (Å²) in [4.78, 5) is 24.9. The Morgan fingerprint density at radius 3 is 3.15 bits per heavy atom. The van der Waals surface area contributed by atoms with Crippen LogP contribution in [0.3, 0.4) is 0 Å². The first-order valence-corrected chi connectivity index (χ1v) is 7.28. The summed E-state index contributed by atoms with van der Waals surface area (Å²) in [6.07, 6.45) is 0.460. The van der Waals surface area contributed by atoms with Crippen LogP contribution in [-0.2, 0) is 9.59 Å². The second-order valence-electron chi connectivity index (χ2n) is 4.79. The maximum atomic E-state index is 12.1. The monoisotopic (exact) mass is 291 g/mol. The zero-order valence-electron chi connectivity index (χ0n) is 10.9. The maximum Gasteiger partial charge on any atom is 0.227 e. The fourth-order valence-electron chi connectivity index (χ4n) is 2.37.